The molecule has 1 aromatic carbocycles. The van der Waals surface area contributed by atoms with E-state index in [1.165, 1.54) is 12.1 Å². The van der Waals surface area contributed by atoms with Gasteiger partial charge in [0.05, 0.1) is 10.6 Å². The summed E-state index contributed by atoms with van der Waals surface area (Å²) in [6, 6.07) is 5.91. The molecule has 0 aliphatic rings. The van der Waals surface area contributed by atoms with E-state index in [-0.39, 0.29) is 11.5 Å². The van der Waals surface area contributed by atoms with Gasteiger partial charge in [-0.15, -0.1) is 0 Å². The smallest absolute Gasteiger partial charge is 0.271 e. The van der Waals surface area contributed by atoms with E-state index in [2.05, 4.69) is 9.97 Å². The van der Waals surface area contributed by atoms with E-state index in [0.29, 0.717) is 11.3 Å². The van der Waals surface area contributed by atoms with Crippen LogP contribution in [-0.4, -0.2) is 21.2 Å². The van der Waals surface area contributed by atoms with Crippen LogP contribution in [0.3, 0.4) is 0 Å². The number of benzene rings is 1. The Labute approximate surface area is 90.1 Å². The monoisotopic (exact) mass is 216 g/mol. The Hall–Kier alpha value is -2.50. The van der Waals surface area contributed by atoms with Crippen LogP contribution in [0.2, 0.25) is 0 Å². The number of rotatable bonds is 3. The van der Waals surface area contributed by atoms with Crippen LogP contribution in [0.1, 0.15) is 5.82 Å². The number of hydrogen-bond donors (Lipinski definition) is 1. The Kier molecular flexibility index (Phi) is 2.47. The molecular weight excluding hydrogens is 210 g/mol. The van der Waals surface area contributed by atoms with Crippen LogP contribution in [0.4, 0.5) is 5.69 Å². The van der Waals surface area contributed by atoms with Gasteiger partial charge in [0.2, 0.25) is 0 Å². The molecule has 0 bridgehead atoms. The van der Waals surface area contributed by atoms with Crippen molar-refractivity contribution in [2.45, 2.75) is 0 Å². The highest BCUT2D eigenvalue weighted by Crippen LogP contribution is 2.20. The molecule has 0 amide bonds. The van der Waals surface area contributed by atoms with Crippen LogP contribution in [0.15, 0.2) is 30.5 Å². The Bertz CT molecular complexity index is 530. The van der Waals surface area contributed by atoms with Crippen molar-refractivity contribution in [2.75, 3.05) is 0 Å². The number of hydrogen-bond acceptors (Lipinski definition) is 4. The summed E-state index contributed by atoms with van der Waals surface area (Å²) < 4.78 is 0. The molecule has 2 rings (SSSR count). The standard InChI is InChI=1S/C10H6N3O3/c14-6-10-11-5-9(12-10)7-1-3-8(4-2-7)13(15)16/h1-5H,(H,11,12). The zero-order valence-electron chi connectivity index (χ0n) is 8.01. The second kappa shape index (κ2) is 3.93. The van der Waals surface area contributed by atoms with Gasteiger partial charge in [0.1, 0.15) is 0 Å². The van der Waals surface area contributed by atoms with Gasteiger partial charge in [-0.1, -0.05) is 0 Å². The molecule has 0 aliphatic heterocycles. The average Bonchev–Trinajstić information content (AvgIpc) is 2.77. The number of carbonyl (C=O) groups excluding carboxylic acids is 1. The van der Waals surface area contributed by atoms with Gasteiger partial charge in [0.25, 0.3) is 12.0 Å². The first kappa shape index (κ1) is 10.0. The fourth-order valence-corrected chi connectivity index (χ4v) is 1.28. The topological polar surface area (TPSA) is 88.9 Å². The lowest BCUT2D eigenvalue weighted by Crippen LogP contribution is -1.87. The quantitative estimate of drug-likeness (QED) is 0.621. The van der Waals surface area contributed by atoms with Crippen molar-refractivity contribution < 1.29 is 9.72 Å². The molecule has 6 heteroatoms. The fourth-order valence-electron chi connectivity index (χ4n) is 1.28. The lowest BCUT2D eigenvalue weighted by molar-refractivity contribution is -0.384. The molecule has 1 aromatic heterocycles. The molecule has 0 unspecified atom stereocenters. The molecule has 1 heterocycles. The molecule has 0 fully saturated rings. The van der Waals surface area contributed by atoms with E-state index >= 15 is 0 Å². The van der Waals surface area contributed by atoms with Crippen molar-refractivity contribution in [1.29, 1.82) is 0 Å². The van der Waals surface area contributed by atoms with Gasteiger partial charge in [0.15, 0.2) is 5.82 Å². The van der Waals surface area contributed by atoms with Gasteiger partial charge in [0, 0.05) is 23.9 Å². The van der Waals surface area contributed by atoms with Crippen LogP contribution >= 0.6 is 0 Å². The highest BCUT2D eigenvalue weighted by molar-refractivity contribution is 5.72. The predicted octanol–water partition coefficient (Wildman–Crippen LogP) is 1.44. The van der Waals surface area contributed by atoms with E-state index in [1.54, 1.807) is 24.6 Å². The number of nitrogens with one attached hydrogen (secondary N) is 1. The molecule has 2 aromatic rings. The highest BCUT2D eigenvalue weighted by Gasteiger charge is 2.07. The molecular formula is C10H6N3O3. The van der Waals surface area contributed by atoms with Crippen LogP contribution in [0.25, 0.3) is 11.3 Å². The van der Waals surface area contributed by atoms with Gasteiger partial charge >= 0.3 is 0 Å². The second-order valence-corrected chi connectivity index (χ2v) is 3.04. The normalized spacial score (nSPS) is 10.0. The molecule has 0 atom stereocenters. The summed E-state index contributed by atoms with van der Waals surface area (Å²) in [5.41, 5.74) is 1.26. The molecule has 0 saturated carbocycles. The number of nitro groups is 1. The Morgan fingerprint density at radius 3 is 2.50 bits per heavy atom. The number of non-ortho nitro benzene ring substituents is 1. The number of nitro benzene ring substituents is 1. The average molecular weight is 216 g/mol. The zero-order valence-corrected chi connectivity index (χ0v) is 8.01. The largest absolute Gasteiger partial charge is 0.341 e. The molecule has 0 spiro atoms. The summed E-state index contributed by atoms with van der Waals surface area (Å²) in [6.07, 6.45) is 3.16. The summed E-state index contributed by atoms with van der Waals surface area (Å²) in [4.78, 5) is 26.8. The van der Waals surface area contributed by atoms with Gasteiger partial charge in [-0.05, 0) is 12.1 Å². The lowest BCUT2D eigenvalue weighted by Gasteiger charge is -1.95. The Morgan fingerprint density at radius 1 is 1.31 bits per heavy atom. The van der Waals surface area contributed by atoms with Crippen molar-refractivity contribution in [3.05, 3.63) is 46.4 Å². The summed E-state index contributed by atoms with van der Waals surface area (Å²) in [5.74, 6) is 0.105. The maximum atomic E-state index is 10.4. The van der Waals surface area contributed by atoms with Gasteiger partial charge in [-0.25, -0.2) is 4.98 Å². The van der Waals surface area contributed by atoms with Crippen molar-refractivity contribution in [3.63, 3.8) is 0 Å². The molecule has 1 N–H and O–H groups in total. The third-order valence-corrected chi connectivity index (χ3v) is 2.05. The van der Waals surface area contributed by atoms with E-state index in [0.717, 1.165) is 0 Å². The van der Waals surface area contributed by atoms with Gasteiger partial charge in [-0.2, -0.15) is 0 Å². The summed E-state index contributed by atoms with van der Waals surface area (Å²) in [7, 11) is 0. The van der Waals surface area contributed by atoms with Crippen LogP contribution in [-0.2, 0) is 4.79 Å². The first-order valence-corrected chi connectivity index (χ1v) is 4.39. The van der Waals surface area contributed by atoms with E-state index in [9.17, 15) is 14.9 Å². The number of aromatic amines is 1. The molecule has 79 valence electrons. The Morgan fingerprint density at radius 2 is 2.00 bits per heavy atom. The van der Waals surface area contributed by atoms with E-state index in [4.69, 9.17) is 0 Å². The first-order chi connectivity index (χ1) is 7.70. The minimum absolute atomic E-state index is 0.0152. The van der Waals surface area contributed by atoms with Crippen LogP contribution in [0.5, 0.6) is 0 Å². The Balaban J connectivity index is 2.34. The fraction of sp³-hybridized carbons (Fsp3) is 0. The molecule has 0 aliphatic carbocycles. The predicted molar refractivity (Wildman–Crippen MR) is 55.5 cm³/mol. The third kappa shape index (κ3) is 1.81. The molecule has 6 nitrogen and oxygen atoms in total. The highest BCUT2D eigenvalue weighted by atomic mass is 16.6. The number of imidazole rings is 1. The van der Waals surface area contributed by atoms with Crippen LogP contribution < -0.4 is 0 Å². The van der Waals surface area contributed by atoms with Crippen LogP contribution in [0, 0.1) is 10.1 Å². The third-order valence-electron chi connectivity index (χ3n) is 2.05. The minimum Gasteiger partial charge on any atom is -0.341 e. The van der Waals surface area contributed by atoms with Crippen molar-refractivity contribution in [2.24, 2.45) is 0 Å². The molecule has 0 saturated heterocycles. The number of nitrogens with zero attached hydrogens (tertiary/aromatic N) is 2. The van der Waals surface area contributed by atoms with E-state index < -0.39 is 4.92 Å². The molecule has 16 heavy (non-hydrogen) atoms. The summed E-state index contributed by atoms with van der Waals surface area (Å²) in [6.45, 7) is 0. The summed E-state index contributed by atoms with van der Waals surface area (Å²) in [5, 5.41) is 10.4. The van der Waals surface area contributed by atoms with Crippen molar-refractivity contribution in [3.8, 4) is 11.3 Å². The maximum absolute atomic E-state index is 10.4. The second-order valence-electron chi connectivity index (χ2n) is 3.04. The van der Waals surface area contributed by atoms with Gasteiger partial charge < -0.3 is 4.98 Å². The van der Waals surface area contributed by atoms with E-state index in [1.807, 2.05) is 0 Å². The zero-order chi connectivity index (χ0) is 11.5. The maximum Gasteiger partial charge on any atom is 0.271 e. The minimum atomic E-state index is -0.473. The number of H-pyrrole nitrogens is 1. The lowest BCUT2D eigenvalue weighted by atomic mass is 10.1. The van der Waals surface area contributed by atoms with Crippen molar-refractivity contribution in [1.82, 2.24) is 9.97 Å². The van der Waals surface area contributed by atoms with Crippen molar-refractivity contribution >= 4 is 12.0 Å². The van der Waals surface area contributed by atoms with Gasteiger partial charge in [-0.3, -0.25) is 14.9 Å². The molecule has 1 radical (unpaired) electrons. The first-order valence-electron chi connectivity index (χ1n) is 4.39. The SMILES string of the molecule is O=[C]c1nc(-c2ccc([N+](=O)[O-])cc2)c[nH]1. The number of aromatic nitrogens is 2. The summed E-state index contributed by atoms with van der Waals surface area (Å²) >= 11 is 0.